The Morgan fingerprint density at radius 1 is 1.29 bits per heavy atom. The zero-order chi connectivity index (χ0) is 10.3. The molecule has 1 aromatic rings. The highest BCUT2D eigenvalue weighted by molar-refractivity contribution is 5.29. The van der Waals surface area contributed by atoms with Crippen molar-refractivity contribution < 1.29 is 22.3 Å². The van der Waals surface area contributed by atoms with Gasteiger partial charge in [0.15, 0.2) is 5.60 Å². The van der Waals surface area contributed by atoms with Crippen molar-refractivity contribution in [2.24, 2.45) is 0 Å². The largest absolute Gasteiger partial charge is 0.358 e. The van der Waals surface area contributed by atoms with Crippen LogP contribution in [0.1, 0.15) is 5.56 Å². The average Bonchev–Trinajstić information content (AvgIpc) is 2.84. The van der Waals surface area contributed by atoms with Crippen molar-refractivity contribution in [2.75, 3.05) is 6.61 Å². The van der Waals surface area contributed by atoms with Crippen LogP contribution in [0.15, 0.2) is 18.2 Å². The lowest BCUT2D eigenvalue weighted by Crippen LogP contribution is -2.21. The lowest BCUT2D eigenvalue weighted by Gasteiger charge is -2.11. The first-order chi connectivity index (χ1) is 6.56. The molecular formula is C9H6F4O. The maximum Gasteiger partial charge on any atom is 0.273 e. The van der Waals surface area contributed by atoms with Crippen LogP contribution in [0, 0.1) is 11.6 Å². The summed E-state index contributed by atoms with van der Waals surface area (Å²) in [5.41, 5.74) is -2.13. The predicted octanol–water partition coefficient (Wildman–Crippen LogP) is 2.46. The maximum atomic E-state index is 13.1. The summed E-state index contributed by atoms with van der Waals surface area (Å²) in [6.45, 7) is -0.229. The fourth-order valence-corrected chi connectivity index (χ4v) is 1.31. The monoisotopic (exact) mass is 206 g/mol. The highest BCUT2D eigenvalue weighted by Crippen LogP contribution is 2.45. The lowest BCUT2D eigenvalue weighted by atomic mass is 10.00. The van der Waals surface area contributed by atoms with Gasteiger partial charge in [-0.2, -0.15) is 0 Å². The normalized spacial score (nSPS) is 25.5. The summed E-state index contributed by atoms with van der Waals surface area (Å²) in [4.78, 5) is 0. The van der Waals surface area contributed by atoms with Crippen LogP contribution in [-0.2, 0) is 10.3 Å². The first-order valence-corrected chi connectivity index (χ1v) is 3.94. The Hall–Kier alpha value is -1.10. The van der Waals surface area contributed by atoms with Gasteiger partial charge < -0.3 is 4.74 Å². The Morgan fingerprint density at radius 3 is 2.36 bits per heavy atom. The molecule has 5 heteroatoms. The summed E-state index contributed by atoms with van der Waals surface area (Å²) in [6, 6.07) is 2.50. The Labute approximate surface area is 77.3 Å². The average molecular weight is 206 g/mol. The summed E-state index contributed by atoms with van der Waals surface area (Å²) in [6.07, 6.45) is -2.80. The minimum Gasteiger partial charge on any atom is -0.358 e. The number of hydrogen-bond acceptors (Lipinski definition) is 1. The standard InChI is InChI=1S/C9H6F4O/c10-5-1-2-6(7(11)3-5)9(4-14-9)8(12)13/h1-3,8H,4H2. The molecule has 0 spiro atoms. The minimum absolute atomic E-state index is 0.229. The van der Waals surface area contributed by atoms with Gasteiger partial charge in [-0.25, -0.2) is 17.6 Å². The van der Waals surface area contributed by atoms with Crippen molar-refractivity contribution in [3.8, 4) is 0 Å². The molecule has 1 atom stereocenters. The molecule has 1 fully saturated rings. The van der Waals surface area contributed by atoms with E-state index in [2.05, 4.69) is 4.74 Å². The fourth-order valence-electron chi connectivity index (χ4n) is 1.31. The molecule has 1 heterocycles. The first kappa shape index (κ1) is 9.45. The van der Waals surface area contributed by atoms with Crippen LogP contribution in [-0.4, -0.2) is 13.0 Å². The molecule has 0 radical (unpaired) electrons. The number of halogens is 4. The highest BCUT2D eigenvalue weighted by Gasteiger charge is 2.56. The summed E-state index contributed by atoms with van der Waals surface area (Å²) in [7, 11) is 0. The van der Waals surface area contributed by atoms with Crippen molar-refractivity contribution >= 4 is 0 Å². The highest BCUT2D eigenvalue weighted by atomic mass is 19.3. The maximum absolute atomic E-state index is 13.1. The van der Waals surface area contributed by atoms with E-state index >= 15 is 0 Å². The smallest absolute Gasteiger partial charge is 0.273 e. The van der Waals surface area contributed by atoms with Gasteiger partial charge in [-0.1, -0.05) is 0 Å². The summed E-state index contributed by atoms with van der Waals surface area (Å²) < 4.78 is 55.0. The van der Waals surface area contributed by atoms with Crippen molar-refractivity contribution in [1.29, 1.82) is 0 Å². The molecule has 0 aromatic heterocycles. The van der Waals surface area contributed by atoms with Gasteiger partial charge in [0.25, 0.3) is 6.43 Å². The third-order valence-electron chi connectivity index (χ3n) is 2.19. The van der Waals surface area contributed by atoms with Crippen LogP contribution in [0.25, 0.3) is 0 Å². The van der Waals surface area contributed by atoms with E-state index in [-0.39, 0.29) is 12.2 Å². The van der Waals surface area contributed by atoms with Gasteiger partial charge in [0.2, 0.25) is 0 Å². The van der Waals surface area contributed by atoms with Crippen LogP contribution in [0.2, 0.25) is 0 Å². The van der Waals surface area contributed by atoms with Crippen molar-refractivity contribution in [3.63, 3.8) is 0 Å². The van der Waals surface area contributed by atoms with Gasteiger partial charge in [0.1, 0.15) is 11.6 Å². The summed E-state index contributed by atoms with van der Waals surface area (Å²) in [5.74, 6) is -1.79. The first-order valence-electron chi connectivity index (χ1n) is 3.94. The Balaban J connectivity index is 2.42. The van der Waals surface area contributed by atoms with Gasteiger partial charge in [-0.15, -0.1) is 0 Å². The van der Waals surface area contributed by atoms with Crippen molar-refractivity contribution in [1.82, 2.24) is 0 Å². The second-order valence-corrected chi connectivity index (χ2v) is 3.10. The van der Waals surface area contributed by atoms with E-state index in [0.29, 0.717) is 6.07 Å². The molecule has 0 N–H and O–H groups in total. The van der Waals surface area contributed by atoms with Crippen LogP contribution in [0.4, 0.5) is 17.6 Å². The lowest BCUT2D eigenvalue weighted by molar-refractivity contribution is 0.0431. The third kappa shape index (κ3) is 1.28. The van der Waals surface area contributed by atoms with E-state index in [9.17, 15) is 17.6 Å². The van der Waals surface area contributed by atoms with Gasteiger partial charge in [-0.3, -0.25) is 0 Å². The van der Waals surface area contributed by atoms with Gasteiger partial charge >= 0.3 is 0 Å². The number of epoxide rings is 1. The van der Waals surface area contributed by atoms with Crippen LogP contribution >= 0.6 is 0 Å². The van der Waals surface area contributed by atoms with Gasteiger partial charge in [0, 0.05) is 11.6 Å². The number of benzene rings is 1. The molecule has 2 rings (SSSR count). The number of hydrogen-bond donors (Lipinski definition) is 0. The Morgan fingerprint density at radius 2 is 1.93 bits per heavy atom. The molecule has 1 aliphatic heterocycles. The zero-order valence-electron chi connectivity index (χ0n) is 6.94. The van der Waals surface area contributed by atoms with Gasteiger partial charge in [-0.05, 0) is 12.1 Å². The second kappa shape index (κ2) is 2.95. The molecule has 76 valence electrons. The van der Waals surface area contributed by atoms with E-state index in [1.54, 1.807) is 0 Å². The number of alkyl halides is 2. The van der Waals surface area contributed by atoms with Crippen LogP contribution in [0.3, 0.4) is 0 Å². The molecule has 0 saturated carbocycles. The van der Waals surface area contributed by atoms with Gasteiger partial charge in [0.05, 0.1) is 6.61 Å². The Bertz CT molecular complexity index is 360. The zero-order valence-corrected chi connectivity index (χ0v) is 6.94. The topological polar surface area (TPSA) is 12.5 Å². The van der Waals surface area contributed by atoms with E-state index in [1.165, 1.54) is 0 Å². The number of rotatable bonds is 2. The second-order valence-electron chi connectivity index (χ2n) is 3.10. The van der Waals surface area contributed by atoms with Crippen LogP contribution in [0.5, 0.6) is 0 Å². The van der Waals surface area contributed by atoms with E-state index < -0.39 is 23.7 Å². The Kier molecular flexibility index (Phi) is 1.99. The van der Waals surface area contributed by atoms with E-state index in [1.807, 2.05) is 0 Å². The van der Waals surface area contributed by atoms with Crippen LogP contribution < -0.4 is 0 Å². The minimum atomic E-state index is -2.80. The third-order valence-corrected chi connectivity index (χ3v) is 2.19. The quantitative estimate of drug-likeness (QED) is 0.534. The molecule has 1 aromatic carbocycles. The molecule has 1 saturated heterocycles. The van der Waals surface area contributed by atoms with Crippen molar-refractivity contribution in [3.05, 3.63) is 35.4 Å². The molecule has 1 unspecified atom stereocenters. The molecule has 14 heavy (non-hydrogen) atoms. The molecule has 0 bridgehead atoms. The molecule has 1 aliphatic rings. The number of ether oxygens (including phenoxy) is 1. The SMILES string of the molecule is Fc1ccc(C2(C(F)F)CO2)c(F)c1. The molecule has 0 aliphatic carbocycles. The summed E-state index contributed by atoms with van der Waals surface area (Å²) in [5, 5.41) is 0. The predicted molar refractivity (Wildman–Crippen MR) is 40.0 cm³/mol. The molecule has 0 amide bonds. The summed E-state index contributed by atoms with van der Waals surface area (Å²) >= 11 is 0. The van der Waals surface area contributed by atoms with Crippen molar-refractivity contribution in [2.45, 2.75) is 12.0 Å². The van der Waals surface area contributed by atoms with E-state index in [4.69, 9.17) is 0 Å². The molecular weight excluding hydrogens is 200 g/mol. The van der Waals surface area contributed by atoms with E-state index in [0.717, 1.165) is 12.1 Å². The fraction of sp³-hybridized carbons (Fsp3) is 0.333. The molecule has 1 nitrogen and oxygen atoms in total.